The highest BCUT2D eigenvalue weighted by atomic mass is 32.1. The van der Waals surface area contributed by atoms with Crippen molar-refractivity contribution >= 4 is 31.5 Å². The Morgan fingerprint density at radius 2 is 1.95 bits per heavy atom. The van der Waals surface area contributed by atoms with E-state index in [0.717, 1.165) is 11.3 Å². The SMILES string of the molecule is [c]1cccc2sc3ccc(-c4ccccn4)cc3c12. The first-order valence-corrected chi connectivity index (χ1v) is 6.98. The molecular weight excluding hydrogens is 250 g/mol. The van der Waals surface area contributed by atoms with Gasteiger partial charge < -0.3 is 0 Å². The van der Waals surface area contributed by atoms with Gasteiger partial charge in [-0.25, -0.2) is 0 Å². The normalized spacial score (nSPS) is 11.2. The fourth-order valence-electron chi connectivity index (χ4n) is 2.34. The second-order valence-corrected chi connectivity index (χ2v) is 5.52. The van der Waals surface area contributed by atoms with E-state index >= 15 is 0 Å². The van der Waals surface area contributed by atoms with Gasteiger partial charge in [-0.15, -0.1) is 11.3 Å². The third kappa shape index (κ3) is 1.72. The number of aromatic nitrogens is 1. The third-order valence-electron chi connectivity index (χ3n) is 3.25. The van der Waals surface area contributed by atoms with Crippen LogP contribution in [0.2, 0.25) is 0 Å². The largest absolute Gasteiger partial charge is 0.256 e. The Morgan fingerprint density at radius 1 is 0.947 bits per heavy atom. The van der Waals surface area contributed by atoms with Crippen LogP contribution in [0.5, 0.6) is 0 Å². The van der Waals surface area contributed by atoms with Crippen molar-refractivity contribution in [1.29, 1.82) is 0 Å². The molecule has 0 aliphatic rings. The standard InChI is InChI=1S/C17H10NS/c1-2-7-16-13(5-1)14-11-12(8-9-17(14)19-16)15-6-3-4-10-18-15/h1-4,6-11H. The van der Waals surface area contributed by atoms with Crippen molar-refractivity contribution in [2.24, 2.45) is 0 Å². The van der Waals surface area contributed by atoms with Gasteiger partial charge in [0.2, 0.25) is 0 Å². The van der Waals surface area contributed by atoms with Crippen LogP contribution in [-0.2, 0) is 0 Å². The molecular formula is C17H10NS. The zero-order valence-electron chi connectivity index (χ0n) is 10.1. The van der Waals surface area contributed by atoms with Crippen LogP contribution >= 0.6 is 11.3 Å². The smallest absolute Gasteiger partial charge is 0.0702 e. The lowest BCUT2D eigenvalue weighted by atomic mass is 10.1. The predicted octanol–water partition coefficient (Wildman–Crippen LogP) is 4.92. The van der Waals surface area contributed by atoms with E-state index in [1.165, 1.54) is 20.2 Å². The highest BCUT2D eigenvalue weighted by molar-refractivity contribution is 7.25. The molecule has 2 heterocycles. The van der Waals surface area contributed by atoms with E-state index in [1.807, 2.05) is 47.9 Å². The van der Waals surface area contributed by atoms with Gasteiger partial charge >= 0.3 is 0 Å². The van der Waals surface area contributed by atoms with Gasteiger partial charge in [-0.1, -0.05) is 24.3 Å². The van der Waals surface area contributed by atoms with Crippen molar-refractivity contribution in [3.8, 4) is 11.3 Å². The van der Waals surface area contributed by atoms with E-state index in [9.17, 15) is 0 Å². The zero-order valence-corrected chi connectivity index (χ0v) is 10.9. The van der Waals surface area contributed by atoms with E-state index in [0.29, 0.717) is 0 Å². The van der Waals surface area contributed by atoms with Gasteiger partial charge in [0.15, 0.2) is 0 Å². The number of nitrogens with zero attached hydrogens (tertiary/aromatic N) is 1. The Labute approximate surface area is 115 Å². The molecule has 4 rings (SSSR count). The molecule has 2 aromatic heterocycles. The maximum absolute atomic E-state index is 4.41. The van der Waals surface area contributed by atoms with Crippen molar-refractivity contribution < 1.29 is 0 Å². The van der Waals surface area contributed by atoms with Crippen molar-refractivity contribution in [3.05, 3.63) is 66.9 Å². The molecule has 0 saturated heterocycles. The fourth-order valence-corrected chi connectivity index (χ4v) is 3.40. The molecule has 0 aliphatic heterocycles. The van der Waals surface area contributed by atoms with Gasteiger partial charge in [-0.3, -0.25) is 4.98 Å². The lowest BCUT2D eigenvalue weighted by Gasteiger charge is -2.00. The van der Waals surface area contributed by atoms with Crippen molar-refractivity contribution in [2.75, 3.05) is 0 Å². The summed E-state index contributed by atoms with van der Waals surface area (Å²) in [5, 5.41) is 2.48. The molecule has 0 amide bonds. The summed E-state index contributed by atoms with van der Waals surface area (Å²) in [5.74, 6) is 0. The second kappa shape index (κ2) is 4.18. The third-order valence-corrected chi connectivity index (χ3v) is 4.38. The average Bonchev–Trinajstić information content (AvgIpc) is 2.86. The van der Waals surface area contributed by atoms with Crippen molar-refractivity contribution in [1.82, 2.24) is 4.98 Å². The lowest BCUT2D eigenvalue weighted by Crippen LogP contribution is -1.80. The molecule has 2 aromatic carbocycles. The minimum Gasteiger partial charge on any atom is -0.256 e. The topological polar surface area (TPSA) is 12.9 Å². The molecule has 0 spiro atoms. The lowest BCUT2D eigenvalue weighted by molar-refractivity contribution is 1.33. The predicted molar refractivity (Wildman–Crippen MR) is 81.4 cm³/mol. The number of pyridine rings is 1. The maximum Gasteiger partial charge on any atom is 0.0702 e. The maximum atomic E-state index is 4.41. The Balaban J connectivity index is 2.03. The average molecular weight is 260 g/mol. The van der Waals surface area contributed by atoms with Crippen LogP contribution in [0.3, 0.4) is 0 Å². The molecule has 4 aromatic rings. The summed E-state index contributed by atoms with van der Waals surface area (Å²) in [7, 11) is 0. The fraction of sp³-hybridized carbons (Fsp3) is 0. The summed E-state index contributed by atoms with van der Waals surface area (Å²) < 4.78 is 2.59. The Hall–Kier alpha value is -2.19. The van der Waals surface area contributed by atoms with E-state index in [4.69, 9.17) is 0 Å². The van der Waals surface area contributed by atoms with Crippen molar-refractivity contribution in [2.45, 2.75) is 0 Å². The first-order chi connectivity index (χ1) is 9.42. The number of hydrogen-bond acceptors (Lipinski definition) is 2. The van der Waals surface area contributed by atoms with Gasteiger partial charge in [-0.05, 0) is 36.4 Å². The molecule has 0 unspecified atom stereocenters. The van der Waals surface area contributed by atoms with E-state index in [-0.39, 0.29) is 0 Å². The molecule has 1 radical (unpaired) electrons. The monoisotopic (exact) mass is 260 g/mol. The molecule has 19 heavy (non-hydrogen) atoms. The molecule has 2 heteroatoms. The zero-order chi connectivity index (χ0) is 12.7. The molecule has 0 saturated carbocycles. The summed E-state index contributed by atoms with van der Waals surface area (Å²) in [5.41, 5.74) is 2.17. The van der Waals surface area contributed by atoms with Crippen LogP contribution in [0, 0.1) is 6.07 Å². The molecule has 89 valence electrons. The number of thiophene rings is 1. The van der Waals surface area contributed by atoms with Gasteiger partial charge in [0.1, 0.15) is 0 Å². The molecule has 0 bridgehead atoms. The van der Waals surface area contributed by atoms with E-state index in [2.05, 4.69) is 35.3 Å². The van der Waals surface area contributed by atoms with E-state index in [1.54, 1.807) is 0 Å². The highest BCUT2D eigenvalue weighted by Gasteiger charge is 2.06. The minimum absolute atomic E-state index is 1.01. The van der Waals surface area contributed by atoms with Crippen LogP contribution < -0.4 is 0 Å². The van der Waals surface area contributed by atoms with Crippen molar-refractivity contribution in [3.63, 3.8) is 0 Å². The summed E-state index contributed by atoms with van der Waals surface area (Å²) in [4.78, 5) is 4.41. The molecule has 0 aliphatic carbocycles. The van der Waals surface area contributed by atoms with Crippen LogP contribution in [-0.4, -0.2) is 4.98 Å². The molecule has 0 N–H and O–H groups in total. The summed E-state index contributed by atoms with van der Waals surface area (Å²) in [6.07, 6.45) is 1.83. The Bertz CT molecular complexity index is 862. The minimum atomic E-state index is 1.01. The van der Waals surface area contributed by atoms with Crippen LogP contribution in [0.1, 0.15) is 0 Å². The van der Waals surface area contributed by atoms with Gasteiger partial charge in [-0.2, -0.15) is 0 Å². The number of fused-ring (bicyclic) bond motifs is 3. The first kappa shape index (κ1) is 10.7. The second-order valence-electron chi connectivity index (χ2n) is 4.44. The molecule has 1 nitrogen and oxygen atoms in total. The summed E-state index contributed by atoms with van der Waals surface area (Å²) >= 11 is 1.81. The van der Waals surface area contributed by atoms with Crippen LogP contribution in [0.25, 0.3) is 31.4 Å². The molecule has 0 atom stereocenters. The van der Waals surface area contributed by atoms with Gasteiger partial charge in [0.05, 0.1) is 5.69 Å². The van der Waals surface area contributed by atoms with Crippen LogP contribution in [0.15, 0.2) is 60.8 Å². The van der Waals surface area contributed by atoms with Gasteiger partial charge in [0, 0.05) is 31.9 Å². The summed E-state index contributed by atoms with van der Waals surface area (Å²) in [6.45, 7) is 0. The summed E-state index contributed by atoms with van der Waals surface area (Å²) in [6, 6.07) is 22.0. The highest BCUT2D eigenvalue weighted by Crippen LogP contribution is 2.35. The van der Waals surface area contributed by atoms with Crippen LogP contribution in [0.4, 0.5) is 0 Å². The molecule has 0 fully saturated rings. The Morgan fingerprint density at radius 3 is 2.84 bits per heavy atom. The number of hydrogen-bond donors (Lipinski definition) is 0. The Kier molecular flexibility index (Phi) is 2.35. The first-order valence-electron chi connectivity index (χ1n) is 6.16. The number of rotatable bonds is 1. The van der Waals surface area contributed by atoms with E-state index < -0.39 is 0 Å². The number of benzene rings is 2. The quantitative estimate of drug-likeness (QED) is 0.473. The van der Waals surface area contributed by atoms with Gasteiger partial charge in [0.25, 0.3) is 0 Å².